The minimum absolute atomic E-state index is 0.0686. The van der Waals surface area contributed by atoms with Crippen LogP contribution in [0.5, 0.6) is 11.5 Å². The number of methoxy groups -OCH3 is 2. The fourth-order valence-corrected chi connectivity index (χ4v) is 3.99. The summed E-state index contributed by atoms with van der Waals surface area (Å²) in [7, 11) is 3.18. The SMILES string of the molecule is COc1ccc(C(=O)N(CCC(C)C)Cc2nc(C)c(C)n2Cc2ccccc2C)c(OC)c1. The zero-order valence-electron chi connectivity index (χ0n) is 21.5. The van der Waals surface area contributed by atoms with E-state index in [9.17, 15) is 4.79 Å². The van der Waals surface area contributed by atoms with Gasteiger partial charge in [0.05, 0.1) is 32.0 Å². The Bertz CT molecular complexity index is 1130. The first-order valence-electron chi connectivity index (χ1n) is 11.8. The number of aryl methyl sites for hydroxylation is 2. The Morgan fingerprint density at radius 1 is 1.06 bits per heavy atom. The van der Waals surface area contributed by atoms with Gasteiger partial charge in [0, 0.05) is 24.8 Å². The molecule has 0 bridgehead atoms. The molecule has 34 heavy (non-hydrogen) atoms. The Morgan fingerprint density at radius 3 is 2.44 bits per heavy atom. The van der Waals surface area contributed by atoms with Crippen LogP contribution in [0.4, 0.5) is 0 Å². The van der Waals surface area contributed by atoms with Crippen molar-refractivity contribution in [3.63, 3.8) is 0 Å². The molecule has 3 aromatic rings. The van der Waals surface area contributed by atoms with Crippen LogP contribution in [0.3, 0.4) is 0 Å². The number of nitrogens with zero attached hydrogens (tertiary/aromatic N) is 3. The molecule has 1 amide bonds. The van der Waals surface area contributed by atoms with E-state index in [-0.39, 0.29) is 5.91 Å². The molecule has 3 rings (SSSR count). The van der Waals surface area contributed by atoms with E-state index in [2.05, 4.69) is 56.5 Å². The van der Waals surface area contributed by atoms with Crippen molar-refractivity contribution in [2.75, 3.05) is 20.8 Å². The van der Waals surface area contributed by atoms with Gasteiger partial charge in [-0.25, -0.2) is 4.98 Å². The summed E-state index contributed by atoms with van der Waals surface area (Å²) in [6.07, 6.45) is 0.903. The highest BCUT2D eigenvalue weighted by Gasteiger charge is 2.23. The molecule has 1 heterocycles. The summed E-state index contributed by atoms with van der Waals surface area (Å²) in [4.78, 5) is 20.5. The number of benzene rings is 2. The summed E-state index contributed by atoms with van der Waals surface area (Å²) in [6, 6.07) is 13.7. The van der Waals surface area contributed by atoms with Gasteiger partial charge in [0.2, 0.25) is 0 Å². The smallest absolute Gasteiger partial charge is 0.258 e. The third kappa shape index (κ3) is 5.79. The van der Waals surface area contributed by atoms with Crippen LogP contribution >= 0.6 is 0 Å². The highest BCUT2D eigenvalue weighted by molar-refractivity contribution is 5.97. The molecular weight excluding hydrogens is 426 g/mol. The van der Waals surface area contributed by atoms with E-state index in [0.29, 0.717) is 36.1 Å². The summed E-state index contributed by atoms with van der Waals surface area (Å²) < 4.78 is 13.1. The largest absolute Gasteiger partial charge is 0.497 e. The lowest BCUT2D eigenvalue weighted by atomic mass is 10.1. The van der Waals surface area contributed by atoms with E-state index in [4.69, 9.17) is 14.5 Å². The van der Waals surface area contributed by atoms with E-state index in [0.717, 1.165) is 30.2 Å². The first kappa shape index (κ1) is 25.3. The second-order valence-corrected chi connectivity index (χ2v) is 9.19. The van der Waals surface area contributed by atoms with Crippen molar-refractivity contribution >= 4 is 5.91 Å². The Morgan fingerprint density at radius 2 is 1.79 bits per heavy atom. The molecule has 0 aliphatic rings. The second kappa shape index (κ2) is 11.2. The van der Waals surface area contributed by atoms with E-state index in [1.807, 2.05) is 11.8 Å². The Balaban J connectivity index is 1.96. The fraction of sp³-hybridized carbons (Fsp3) is 0.429. The minimum atomic E-state index is -0.0686. The monoisotopic (exact) mass is 463 g/mol. The molecule has 0 saturated heterocycles. The lowest BCUT2D eigenvalue weighted by Crippen LogP contribution is -2.33. The number of imidazole rings is 1. The predicted octanol–water partition coefficient (Wildman–Crippen LogP) is 5.56. The van der Waals surface area contributed by atoms with Crippen molar-refractivity contribution in [1.82, 2.24) is 14.5 Å². The molecule has 6 heteroatoms. The standard InChI is InChI=1S/C28H37N3O3/c1-19(2)14-15-30(28(32)25-13-12-24(33-6)16-26(25)34-7)18-27-29-21(4)22(5)31(27)17-23-11-9-8-10-20(23)3/h8-13,16,19H,14-15,17-18H2,1-7H3. The zero-order chi connectivity index (χ0) is 24.8. The maximum atomic E-state index is 13.7. The topological polar surface area (TPSA) is 56.6 Å². The highest BCUT2D eigenvalue weighted by Crippen LogP contribution is 2.27. The van der Waals surface area contributed by atoms with Crippen molar-refractivity contribution in [2.45, 2.75) is 54.1 Å². The summed E-state index contributed by atoms with van der Waals surface area (Å²) in [5, 5.41) is 0. The predicted molar refractivity (Wildman–Crippen MR) is 136 cm³/mol. The molecular formula is C28H37N3O3. The van der Waals surface area contributed by atoms with Crippen LogP contribution in [0, 0.1) is 26.7 Å². The molecule has 0 N–H and O–H groups in total. The summed E-state index contributed by atoms with van der Waals surface area (Å²) in [6.45, 7) is 12.4. The Labute approximate surface area is 203 Å². The van der Waals surface area contributed by atoms with E-state index in [1.54, 1.807) is 32.4 Å². The normalized spacial score (nSPS) is 11.1. The molecule has 6 nitrogen and oxygen atoms in total. The van der Waals surface area contributed by atoms with Crippen molar-refractivity contribution < 1.29 is 14.3 Å². The van der Waals surface area contributed by atoms with Gasteiger partial charge in [-0.1, -0.05) is 38.1 Å². The van der Waals surface area contributed by atoms with Crippen molar-refractivity contribution in [2.24, 2.45) is 5.92 Å². The third-order valence-electron chi connectivity index (χ3n) is 6.36. The molecule has 0 saturated carbocycles. The third-order valence-corrected chi connectivity index (χ3v) is 6.36. The van der Waals surface area contributed by atoms with Crippen molar-refractivity contribution in [3.05, 3.63) is 76.4 Å². The van der Waals surface area contributed by atoms with Gasteiger partial charge < -0.3 is 18.9 Å². The van der Waals surface area contributed by atoms with E-state index in [1.165, 1.54) is 11.1 Å². The van der Waals surface area contributed by atoms with Crippen molar-refractivity contribution in [3.8, 4) is 11.5 Å². The van der Waals surface area contributed by atoms with Gasteiger partial charge in [-0.2, -0.15) is 0 Å². The van der Waals surface area contributed by atoms with Gasteiger partial charge in [-0.15, -0.1) is 0 Å². The average molecular weight is 464 g/mol. The maximum Gasteiger partial charge on any atom is 0.258 e. The summed E-state index contributed by atoms with van der Waals surface area (Å²) in [5.41, 5.74) is 5.13. The van der Waals surface area contributed by atoms with Crippen LogP contribution in [0.25, 0.3) is 0 Å². The molecule has 0 radical (unpaired) electrons. The summed E-state index contributed by atoms with van der Waals surface area (Å²) >= 11 is 0. The Kier molecular flexibility index (Phi) is 8.37. The molecule has 182 valence electrons. The molecule has 0 atom stereocenters. The van der Waals surface area contributed by atoms with Gasteiger partial charge in [0.25, 0.3) is 5.91 Å². The molecule has 0 unspecified atom stereocenters. The minimum Gasteiger partial charge on any atom is -0.497 e. The first-order chi connectivity index (χ1) is 16.2. The molecule has 0 fully saturated rings. The quantitative estimate of drug-likeness (QED) is 0.395. The molecule has 0 aliphatic heterocycles. The zero-order valence-corrected chi connectivity index (χ0v) is 21.5. The first-order valence-corrected chi connectivity index (χ1v) is 11.8. The number of rotatable bonds is 10. The van der Waals surface area contributed by atoms with Crippen LogP contribution in [-0.2, 0) is 13.1 Å². The van der Waals surface area contributed by atoms with Gasteiger partial charge in [0.1, 0.15) is 17.3 Å². The average Bonchev–Trinajstić information content (AvgIpc) is 3.09. The van der Waals surface area contributed by atoms with Crippen LogP contribution in [0.1, 0.15) is 59.0 Å². The van der Waals surface area contributed by atoms with Crippen LogP contribution in [-0.4, -0.2) is 41.1 Å². The number of hydrogen-bond donors (Lipinski definition) is 0. The van der Waals surface area contributed by atoms with E-state index < -0.39 is 0 Å². The molecule has 1 aromatic heterocycles. The number of ether oxygens (including phenoxy) is 2. The lowest BCUT2D eigenvalue weighted by molar-refractivity contribution is 0.0725. The van der Waals surface area contributed by atoms with Crippen LogP contribution in [0.15, 0.2) is 42.5 Å². The number of amides is 1. The molecule has 2 aromatic carbocycles. The van der Waals surface area contributed by atoms with E-state index >= 15 is 0 Å². The van der Waals surface area contributed by atoms with Gasteiger partial charge in [-0.3, -0.25) is 4.79 Å². The fourth-order valence-electron chi connectivity index (χ4n) is 3.99. The number of carbonyl (C=O) groups excluding carboxylic acids is 1. The maximum absolute atomic E-state index is 13.7. The Hall–Kier alpha value is -3.28. The van der Waals surface area contributed by atoms with Gasteiger partial charge in [-0.05, 0) is 56.4 Å². The van der Waals surface area contributed by atoms with Gasteiger partial charge >= 0.3 is 0 Å². The van der Waals surface area contributed by atoms with Crippen molar-refractivity contribution in [1.29, 1.82) is 0 Å². The highest BCUT2D eigenvalue weighted by atomic mass is 16.5. The lowest BCUT2D eigenvalue weighted by Gasteiger charge is -2.25. The number of carbonyl (C=O) groups is 1. The summed E-state index contributed by atoms with van der Waals surface area (Å²) in [5.74, 6) is 2.46. The molecule has 0 spiro atoms. The van der Waals surface area contributed by atoms with Crippen LogP contribution in [0.2, 0.25) is 0 Å². The van der Waals surface area contributed by atoms with Crippen LogP contribution < -0.4 is 9.47 Å². The number of hydrogen-bond acceptors (Lipinski definition) is 4. The molecule has 0 aliphatic carbocycles. The second-order valence-electron chi connectivity index (χ2n) is 9.19. The van der Waals surface area contributed by atoms with Gasteiger partial charge in [0.15, 0.2) is 0 Å². The number of aromatic nitrogens is 2.